The molecule has 0 spiro atoms. The van der Waals surface area contributed by atoms with Gasteiger partial charge < -0.3 is 9.64 Å². The Morgan fingerprint density at radius 3 is 2.38 bits per heavy atom. The van der Waals surface area contributed by atoms with E-state index >= 15 is 0 Å². The number of fused-ring (bicyclic) bond motifs is 1. The van der Waals surface area contributed by atoms with Crippen molar-refractivity contribution in [2.75, 3.05) is 32.1 Å². The molecule has 1 aliphatic rings. The number of rotatable bonds is 5. The van der Waals surface area contributed by atoms with Gasteiger partial charge in [-0.15, -0.1) is 0 Å². The molecule has 0 aliphatic carbocycles. The molecule has 1 aromatic carbocycles. The Morgan fingerprint density at radius 1 is 1.19 bits per heavy atom. The fourth-order valence-electron chi connectivity index (χ4n) is 3.37. The topological polar surface area (TPSA) is 49.9 Å². The van der Waals surface area contributed by atoms with Crippen LogP contribution in [0.15, 0.2) is 36.0 Å². The molecule has 0 bridgehead atoms. The van der Waals surface area contributed by atoms with Crippen molar-refractivity contribution in [3.8, 4) is 0 Å². The third kappa shape index (κ3) is 4.52. The van der Waals surface area contributed by atoms with Gasteiger partial charge in [0.2, 0.25) is 0 Å². The zero-order valence-corrected chi connectivity index (χ0v) is 16.9. The molecule has 26 heavy (non-hydrogen) atoms. The number of carbonyl (C=O) groups is 2. The Morgan fingerprint density at radius 2 is 1.81 bits per heavy atom. The third-order valence-electron chi connectivity index (χ3n) is 4.48. The molecule has 2 rings (SSSR count). The van der Waals surface area contributed by atoms with Crippen LogP contribution >= 0.6 is 0 Å². The number of esters is 1. The Bertz CT molecular complexity index is 729. The quantitative estimate of drug-likeness (QED) is 0.598. The number of benzene rings is 1. The van der Waals surface area contributed by atoms with Crippen molar-refractivity contribution in [2.45, 2.75) is 45.6 Å². The van der Waals surface area contributed by atoms with Crippen LogP contribution in [0.25, 0.3) is 0 Å². The number of allylic oxidation sites excluding steroid dienone is 1. The van der Waals surface area contributed by atoms with Crippen molar-refractivity contribution in [2.24, 2.45) is 0 Å². The standard InChI is InChI=1S/C21H30N2O3/c1-20(2,3)26-19(25)14-22(6)13-15(24)12-18-21(4,5)16-10-8-9-11-17(16)23(18)7/h8-12H,13-14H2,1-7H3/b18-12+. The van der Waals surface area contributed by atoms with Gasteiger partial charge in [-0.3, -0.25) is 14.5 Å². The van der Waals surface area contributed by atoms with E-state index in [1.807, 2.05) is 40.0 Å². The van der Waals surface area contributed by atoms with Crippen molar-refractivity contribution in [3.63, 3.8) is 0 Å². The Kier molecular flexibility index (Phi) is 5.61. The molecule has 1 aromatic rings. The summed E-state index contributed by atoms with van der Waals surface area (Å²) >= 11 is 0. The monoisotopic (exact) mass is 358 g/mol. The highest BCUT2D eigenvalue weighted by atomic mass is 16.6. The van der Waals surface area contributed by atoms with Crippen LogP contribution in [0.5, 0.6) is 0 Å². The molecule has 5 nitrogen and oxygen atoms in total. The van der Waals surface area contributed by atoms with E-state index in [1.165, 1.54) is 5.56 Å². The molecule has 0 saturated heterocycles. The number of carbonyl (C=O) groups excluding carboxylic acids is 2. The number of likely N-dealkylation sites (N-methyl/N-ethyl adjacent to an activating group) is 2. The molecule has 0 aromatic heterocycles. The van der Waals surface area contributed by atoms with E-state index in [4.69, 9.17) is 4.74 Å². The van der Waals surface area contributed by atoms with Crippen molar-refractivity contribution in [1.29, 1.82) is 0 Å². The average Bonchev–Trinajstić information content (AvgIpc) is 2.66. The number of ketones is 1. The van der Waals surface area contributed by atoms with Crippen LogP contribution in [-0.4, -0.2) is 49.4 Å². The SMILES string of the molecule is CN(CC(=O)/C=C1/N(C)c2ccccc2C1(C)C)CC(=O)OC(C)(C)C. The van der Waals surface area contributed by atoms with E-state index in [1.54, 1.807) is 18.0 Å². The Balaban J connectivity index is 2.06. The lowest BCUT2D eigenvalue weighted by Crippen LogP contribution is -2.35. The van der Waals surface area contributed by atoms with Crippen molar-refractivity contribution in [1.82, 2.24) is 4.90 Å². The molecule has 0 amide bonds. The lowest BCUT2D eigenvalue weighted by atomic mass is 9.83. The lowest BCUT2D eigenvalue weighted by Gasteiger charge is -2.24. The number of hydrogen-bond acceptors (Lipinski definition) is 5. The van der Waals surface area contributed by atoms with Gasteiger partial charge in [0.05, 0.1) is 13.1 Å². The summed E-state index contributed by atoms with van der Waals surface area (Å²) in [6, 6.07) is 8.20. The summed E-state index contributed by atoms with van der Waals surface area (Å²) in [4.78, 5) is 28.2. The van der Waals surface area contributed by atoms with Gasteiger partial charge in [-0.2, -0.15) is 0 Å². The van der Waals surface area contributed by atoms with E-state index < -0.39 is 5.60 Å². The summed E-state index contributed by atoms with van der Waals surface area (Å²) in [6.45, 7) is 9.99. The van der Waals surface area contributed by atoms with Crippen LogP contribution < -0.4 is 4.90 Å². The molecule has 1 aliphatic heterocycles. The number of nitrogens with zero attached hydrogens (tertiary/aromatic N) is 2. The van der Waals surface area contributed by atoms with E-state index in [0.717, 1.165) is 11.4 Å². The highest BCUT2D eigenvalue weighted by molar-refractivity contribution is 5.94. The minimum absolute atomic E-state index is 0.0289. The van der Waals surface area contributed by atoms with E-state index in [0.29, 0.717) is 0 Å². The minimum Gasteiger partial charge on any atom is -0.459 e. The van der Waals surface area contributed by atoms with E-state index in [9.17, 15) is 9.59 Å². The fraction of sp³-hybridized carbons (Fsp3) is 0.524. The maximum Gasteiger partial charge on any atom is 0.320 e. The molecule has 0 atom stereocenters. The Labute approximate surface area is 156 Å². The molecule has 0 fully saturated rings. The summed E-state index contributed by atoms with van der Waals surface area (Å²) in [5.41, 5.74) is 2.55. The first-order valence-corrected chi connectivity index (χ1v) is 8.90. The molecular weight excluding hydrogens is 328 g/mol. The zero-order chi connectivity index (χ0) is 19.7. The van der Waals surface area contributed by atoms with Gasteiger partial charge in [0, 0.05) is 29.9 Å². The summed E-state index contributed by atoms with van der Waals surface area (Å²) in [6.07, 6.45) is 1.70. The van der Waals surface area contributed by atoms with Crippen LogP contribution in [0.4, 0.5) is 5.69 Å². The number of hydrogen-bond donors (Lipinski definition) is 0. The van der Waals surface area contributed by atoms with Crippen molar-refractivity contribution >= 4 is 17.4 Å². The first kappa shape index (κ1) is 20.2. The number of ether oxygens (including phenoxy) is 1. The van der Waals surface area contributed by atoms with Crippen LogP contribution in [-0.2, 0) is 19.7 Å². The lowest BCUT2D eigenvalue weighted by molar-refractivity contribution is -0.155. The summed E-state index contributed by atoms with van der Waals surface area (Å²) in [5.74, 6) is -0.357. The normalized spacial score (nSPS) is 17.5. The smallest absolute Gasteiger partial charge is 0.320 e. The largest absolute Gasteiger partial charge is 0.459 e. The van der Waals surface area contributed by atoms with Gasteiger partial charge in [0.1, 0.15) is 5.60 Å². The third-order valence-corrected chi connectivity index (χ3v) is 4.48. The van der Waals surface area contributed by atoms with Gasteiger partial charge in [0.15, 0.2) is 5.78 Å². The second-order valence-corrected chi connectivity index (χ2v) is 8.46. The van der Waals surface area contributed by atoms with E-state index in [2.05, 4.69) is 30.9 Å². The van der Waals surface area contributed by atoms with Crippen LogP contribution in [0, 0.1) is 0 Å². The van der Waals surface area contributed by atoms with Crippen LogP contribution in [0.2, 0.25) is 0 Å². The second kappa shape index (κ2) is 7.23. The molecule has 5 heteroatoms. The zero-order valence-electron chi connectivity index (χ0n) is 16.9. The molecule has 0 radical (unpaired) electrons. The molecule has 0 N–H and O–H groups in total. The summed E-state index contributed by atoms with van der Waals surface area (Å²) in [5, 5.41) is 0. The van der Waals surface area contributed by atoms with Gasteiger partial charge >= 0.3 is 5.97 Å². The molecule has 142 valence electrons. The van der Waals surface area contributed by atoms with Gasteiger partial charge in [0.25, 0.3) is 0 Å². The van der Waals surface area contributed by atoms with Gasteiger partial charge in [-0.1, -0.05) is 32.0 Å². The van der Waals surface area contributed by atoms with Gasteiger partial charge in [-0.05, 0) is 39.4 Å². The fourth-order valence-corrected chi connectivity index (χ4v) is 3.37. The number of anilines is 1. The number of para-hydroxylation sites is 1. The summed E-state index contributed by atoms with van der Waals surface area (Å²) in [7, 11) is 3.73. The first-order chi connectivity index (χ1) is 11.9. The molecule has 0 saturated carbocycles. The van der Waals surface area contributed by atoms with Gasteiger partial charge in [-0.25, -0.2) is 0 Å². The maximum absolute atomic E-state index is 12.6. The summed E-state index contributed by atoms with van der Waals surface area (Å²) < 4.78 is 5.30. The highest BCUT2D eigenvalue weighted by Crippen LogP contribution is 2.46. The predicted octanol–water partition coefficient (Wildman–Crippen LogP) is 3.14. The maximum atomic E-state index is 12.6. The minimum atomic E-state index is -0.522. The van der Waals surface area contributed by atoms with Crippen molar-refractivity contribution in [3.05, 3.63) is 41.6 Å². The Hall–Kier alpha value is -2.14. The molecular formula is C21H30N2O3. The van der Waals surface area contributed by atoms with Crippen LogP contribution in [0.3, 0.4) is 0 Å². The molecule has 0 unspecified atom stereocenters. The van der Waals surface area contributed by atoms with Crippen molar-refractivity contribution < 1.29 is 14.3 Å². The predicted molar refractivity (Wildman–Crippen MR) is 104 cm³/mol. The van der Waals surface area contributed by atoms with Crippen LogP contribution in [0.1, 0.15) is 40.2 Å². The highest BCUT2D eigenvalue weighted by Gasteiger charge is 2.38. The van der Waals surface area contributed by atoms with E-state index in [-0.39, 0.29) is 30.3 Å². The first-order valence-electron chi connectivity index (χ1n) is 8.90. The second-order valence-electron chi connectivity index (χ2n) is 8.46. The average molecular weight is 358 g/mol. The molecule has 1 heterocycles.